The van der Waals surface area contributed by atoms with E-state index in [0.29, 0.717) is 0 Å². The lowest BCUT2D eigenvalue weighted by atomic mass is 10.1. The van der Waals surface area contributed by atoms with Crippen LogP contribution in [0, 0.1) is 0 Å². The summed E-state index contributed by atoms with van der Waals surface area (Å²) in [6, 6.07) is 15.0. The van der Waals surface area contributed by atoms with Gasteiger partial charge in [-0.15, -0.1) is 0 Å². The molecule has 2 heterocycles. The normalized spacial score (nSPS) is 12.1. The second-order valence-corrected chi connectivity index (χ2v) is 4.92. The maximum absolute atomic E-state index is 3.64. The summed E-state index contributed by atoms with van der Waals surface area (Å²) in [4.78, 5) is 0. The molecule has 2 aromatic heterocycles. The summed E-state index contributed by atoms with van der Waals surface area (Å²) in [7, 11) is 0. The molecule has 0 aliphatic heterocycles. The van der Waals surface area contributed by atoms with Crippen LogP contribution in [0.15, 0.2) is 53.1 Å². The molecule has 4 rings (SSSR count). The van der Waals surface area contributed by atoms with Crippen molar-refractivity contribution in [1.82, 2.24) is 4.40 Å². The third-order valence-corrected chi connectivity index (χ3v) is 3.87. The molecule has 16 heavy (non-hydrogen) atoms. The number of aromatic nitrogens is 1. The van der Waals surface area contributed by atoms with Crippen LogP contribution in [0.3, 0.4) is 0 Å². The summed E-state index contributed by atoms with van der Waals surface area (Å²) in [5, 5.41) is 3.95. The molecule has 0 aliphatic carbocycles. The van der Waals surface area contributed by atoms with Crippen molar-refractivity contribution >= 4 is 43.1 Å². The van der Waals surface area contributed by atoms with E-state index in [4.69, 9.17) is 0 Å². The fraction of sp³-hybridized carbons (Fsp3) is 0. The van der Waals surface area contributed by atoms with Gasteiger partial charge in [0.15, 0.2) is 0 Å². The third kappa shape index (κ3) is 0.866. The minimum absolute atomic E-state index is 1.15. The Kier molecular flexibility index (Phi) is 1.49. The SMILES string of the molecule is Brc1cccc2c3cccc4ccn(c12)c43. The van der Waals surface area contributed by atoms with Gasteiger partial charge >= 0.3 is 0 Å². The molecule has 2 heteroatoms. The van der Waals surface area contributed by atoms with Crippen LogP contribution in [0.1, 0.15) is 0 Å². The first-order valence-corrected chi connectivity index (χ1v) is 6.05. The molecule has 0 N–H and O–H groups in total. The first-order valence-electron chi connectivity index (χ1n) is 5.25. The van der Waals surface area contributed by atoms with E-state index in [1.165, 1.54) is 27.2 Å². The molecule has 0 saturated heterocycles. The van der Waals surface area contributed by atoms with Crippen molar-refractivity contribution in [1.29, 1.82) is 0 Å². The summed E-state index contributed by atoms with van der Waals surface area (Å²) in [6.07, 6.45) is 2.14. The first-order chi connectivity index (χ1) is 7.86. The lowest BCUT2D eigenvalue weighted by molar-refractivity contribution is 1.30. The average molecular weight is 270 g/mol. The summed E-state index contributed by atoms with van der Waals surface area (Å²) in [5.41, 5.74) is 2.59. The molecule has 0 amide bonds. The molecule has 0 bridgehead atoms. The number of hydrogen-bond donors (Lipinski definition) is 0. The van der Waals surface area contributed by atoms with Crippen molar-refractivity contribution in [3.63, 3.8) is 0 Å². The molecular formula is C14H8BrN. The maximum Gasteiger partial charge on any atom is 0.0677 e. The topological polar surface area (TPSA) is 4.41 Å². The molecule has 0 atom stereocenters. The molecular weight excluding hydrogens is 262 g/mol. The molecule has 0 aliphatic rings. The van der Waals surface area contributed by atoms with Crippen molar-refractivity contribution in [2.24, 2.45) is 0 Å². The van der Waals surface area contributed by atoms with Gasteiger partial charge in [0, 0.05) is 26.8 Å². The first kappa shape index (κ1) is 8.59. The Hall–Kier alpha value is -1.54. The minimum atomic E-state index is 1.15. The van der Waals surface area contributed by atoms with E-state index in [0.717, 1.165) is 4.47 Å². The van der Waals surface area contributed by atoms with Gasteiger partial charge in [-0.3, -0.25) is 0 Å². The quantitative estimate of drug-likeness (QED) is 0.444. The van der Waals surface area contributed by atoms with Crippen LogP contribution in [-0.2, 0) is 0 Å². The van der Waals surface area contributed by atoms with Gasteiger partial charge in [0.05, 0.1) is 11.0 Å². The average Bonchev–Trinajstić information content (AvgIpc) is 2.85. The van der Waals surface area contributed by atoms with Crippen molar-refractivity contribution in [2.75, 3.05) is 0 Å². The Morgan fingerprint density at radius 2 is 1.56 bits per heavy atom. The van der Waals surface area contributed by atoms with Crippen LogP contribution in [-0.4, -0.2) is 4.40 Å². The van der Waals surface area contributed by atoms with Crippen LogP contribution >= 0.6 is 15.9 Å². The number of para-hydroxylation sites is 2. The zero-order chi connectivity index (χ0) is 10.7. The van der Waals surface area contributed by atoms with E-state index >= 15 is 0 Å². The van der Waals surface area contributed by atoms with Gasteiger partial charge in [0.25, 0.3) is 0 Å². The van der Waals surface area contributed by atoms with Gasteiger partial charge in [-0.05, 0) is 28.1 Å². The molecule has 2 aromatic carbocycles. The van der Waals surface area contributed by atoms with Crippen LogP contribution in [0.5, 0.6) is 0 Å². The molecule has 0 unspecified atom stereocenters. The monoisotopic (exact) mass is 269 g/mol. The predicted octanol–water partition coefficient (Wildman–Crippen LogP) is 4.45. The molecule has 4 aromatic rings. The molecule has 1 nitrogen and oxygen atoms in total. The Bertz CT molecular complexity index is 808. The smallest absolute Gasteiger partial charge is 0.0677 e. The fourth-order valence-electron chi connectivity index (χ4n) is 2.58. The largest absolute Gasteiger partial charge is 0.314 e. The summed E-state index contributed by atoms with van der Waals surface area (Å²) < 4.78 is 3.42. The van der Waals surface area contributed by atoms with E-state index in [1.54, 1.807) is 0 Å². The zero-order valence-corrected chi connectivity index (χ0v) is 10.0. The Morgan fingerprint density at radius 1 is 0.812 bits per heavy atom. The number of hydrogen-bond acceptors (Lipinski definition) is 0. The highest BCUT2D eigenvalue weighted by molar-refractivity contribution is 9.10. The van der Waals surface area contributed by atoms with Crippen molar-refractivity contribution < 1.29 is 0 Å². The Morgan fingerprint density at radius 3 is 2.44 bits per heavy atom. The summed E-state index contributed by atoms with van der Waals surface area (Å²) >= 11 is 3.64. The van der Waals surface area contributed by atoms with Gasteiger partial charge in [-0.1, -0.05) is 30.3 Å². The molecule has 0 fully saturated rings. The summed E-state index contributed by atoms with van der Waals surface area (Å²) in [5.74, 6) is 0. The fourth-order valence-corrected chi connectivity index (χ4v) is 3.13. The van der Waals surface area contributed by atoms with E-state index < -0.39 is 0 Å². The summed E-state index contributed by atoms with van der Waals surface area (Å²) in [6.45, 7) is 0. The maximum atomic E-state index is 3.64. The predicted molar refractivity (Wildman–Crippen MR) is 71.3 cm³/mol. The van der Waals surface area contributed by atoms with E-state index in [-0.39, 0.29) is 0 Å². The van der Waals surface area contributed by atoms with Gasteiger partial charge < -0.3 is 4.40 Å². The standard InChI is InChI=1S/C14H8BrN/c15-12-6-2-5-11-10-4-1-3-9-7-8-16(13(9)10)14(11)12/h1-8H. The Balaban J connectivity index is 2.51. The highest BCUT2D eigenvalue weighted by atomic mass is 79.9. The number of halogens is 1. The minimum Gasteiger partial charge on any atom is -0.314 e. The van der Waals surface area contributed by atoms with Crippen LogP contribution in [0.2, 0.25) is 0 Å². The van der Waals surface area contributed by atoms with Crippen LogP contribution < -0.4 is 0 Å². The highest BCUT2D eigenvalue weighted by Gasteiger charge is 2.12. The van der Waals surface area contributed by atoms with Gasteiger partial charge in [-0.2, -0.15) is 0 Å². The highest BCUT2D eigenvalue weighted by Crippen LogP contribution is 2.35. The van der Waals surface area contributed by atoms with Crippen molar-refractivity contribution in [3.8, 4) is 0 Å². The van der Waals surface area contributed by atoms with Gasteiger partial charge in [-0.25, -0.2) is 0 Å². The Labute approximate surface area is 101 Å². The van der Waals surface area contributed by atoms with E-state index in [9.17, 15) is 0 Å². The van der Waals surface area contributed by atoms with E-state index in [1.807, 2.05) is 0 Å². The second-order valence-electron chi connectivity index (χ2n) is 4.07. The number of fused-ring (bicyclic) bond motifs is 3. The van der Waals surface area contributed by atoms with Crippen LogP contribution in [0.25, 0.3) is 27.2 Å². The lowest BCUT2D eigenvalue weighted by Gasteiger charge is -1.95. The van der Waals surface area contributed by atoms with Gasteiger partial charge in [0.2, 0.25) is 0 Å². The van der Waals surface area contributed by atoms with Crippen LogP contribution in [0.4, 0.5) is 0 Å². The van der Waals surface area contributed by atoms with Crippen molar-refractivity contribution in [2.45, 2.75) is 0 Å². The van der Waals surface area contributed by atoms with E-state index in [2.05, 4.69) is 69.0 Å². The number of benzene rings is 2. The van der Waals surface area contributed by atoms with Gasteiger partial charge in [0.1, 0.15) is 0 Å². The molecule has 0 radical (unpaired) electrons. The zero-order valence-electron chi connectivity index (χ0n) is 8.44. The number of rotatable bonds is 0. The third-order valence-electron chi connectivity index (χ3n) is 3.23. The molecule has 0 saturated carbocycles. The second kappa shape index (κ2) is 2.77. The number of nitrogens with zero attached hydrogens (tertiary/aromatic N) is 1. The lowest BCUT2D eigenvalue weighted by Crippen LogP contribution is -1.77. The molecule has 0 spiro atoms. The molecule has 76 valence electrons. The van der Waals surface area contributed by atoms with Crippen molar-refractivity contribution in [3.05, 3.63) is 53.1 Å².